The van der Waals surface area contributed by atoms with Crippen LogP contribution in [0.15, 0.2) is 18.2 Å². The molecule has 0 bridgehead atoms. The smallest absolute Gasteiger partial charge is 0.126 e. The molecule has 2 rings (SSSR count). The van der Waals surface area contributed by atoms with Crippen LogP contribution in [0.1, 0.15) is 17.2 Å². The number of hydrogen-bond donors (Lipinski definition) is 1. The van der Waals surface area contributed by atoms with Crippen molar-refractivity contribution in [3.05, 3.63) is 35.1 Å². The number of aliphatic hydroxyl groups excluding tert-OH is 1. The van der Waals surface area contributed by atoms with E-state index in [2.05, 4.69) is 16.8 Å². The van der Waals surface area contributed by atoms with E-state index in [0.717, 1.165) is 31.7 Å². The lowest BCUT2D eigenvalue weighted by Gasteiger charge is -2.33. The van der Waals surface area contributed by atoms with Crippen LogP contribution in [0.2, 0.25) is 0 Å². The topological polar surface area (TPSA) is 26.7 Å². The van der Waals surface area contributed by atoms with Crippen LogP contribution in [-0.2, 0) is 0 Å². The molecular weight excluding hydrogens is 231 g/mol. The Hall–Kier alpha value is -0.970. The van der Waals surface area contributed by atoms with E-state index in [1.165, 1.54) is 6.07 Å². The van der Waals surface area contributed by atoms with Crippen LogP contribution >= 0.6 is 0 Å². The van der Waals surface area contributed by atoms with Gasteiger partial charge in [0, 0.05) is 32.7 Å². The lowest BCUT2D eigenvalue weighted by Crippen LogP contribution is -2.45. The summed E-state index contributed by atoms with van der Waals surface area (Å²) in [5, 5.41) is 10.2. The Labute approximate surface area is 108 Å². The second kappa shape index (κ2) is 5.78. The molecule has 100 valence electrons. The molecule has 1 unspecified atom stereocenters. The largest absolute Gasteiger partial charge is 0.387 e. The Balaban J connectivity index is 1.94. The molecule has 1 N–H and O–H groups in total. The van der Waals surface area contributed by atoms with Crippen molar-refractivity contribution in [2.24, 2.45) is 0 Å². The molecule has 1 aliphatic heterocycles. The molecule has 1 fully saturated rings. The number of hydrogen-bond acceptors (Lipinski definition) is 3. The Bertz CT molecular complexity index is 403. The van der Waals surface area contributed by atoms with E-state index in [1.807, 2.05) is 0 Å². The summed E-state index contributed by atoms with van der Waals surface area (Å²) in [5.41, 5.74) is 1.39. The molecular formula is C14H21FN2O. The van der Waals surface area contributed by atoms with Crippen LogP contribution in [0.5, 0.6) is 0 Å². The van der Waals surface area contributed by atoms with E-state index in [0.29, 0.717) is 12.1 Å². The molecule has 1 aliphatic rings. The van der Waals surface area contributed by atoms with Gasteiger partial charge in [-0.25, -0.2) is 4.39 Å². The Kier molecular flexibility index (Phi) is 4.32. The summed E-state index contributed by atoms with van der Waals surface area (Å²) < 4.78 is 13.2. The standard InChI is InChI=1S/C14H21FN2O/c1-11-9-12(3-4-13(11)15)14(18)10-17-7-5-16(2)6-8-17/h3-4,9,14,18H,5-8,10H2,1-2H3. The van der Waals surface area contributed by atoms with Gasteiger partial charge in [0.25, 0.3) is 0 Å². The molecule has 1 atom stereocenters. The number of piperazine rings is 1. The van der Waals surface area contributed by atoms with Crippen molar-refractivity contribution in [2.75, 3.05) is 39.8 Å². The fourth-order valence-corrected chi connectivity index (χ4v) is 2.26. The minimum Gasteiger partial charge on any atom is -0.387 e. The zero-order chi connectivity index (χ0) is 13.1. The summed E-state index contributed by atoms with van der Waals surface area (Å²) >= 11 is 0. The minimum atomic E-state index is -0.535. The summed E-state index contributed by atoms with van der Waals surface area (Å²) in [5.74, 6) is -0.217. The van der Waals surface area contributed by atoms with Gasteiger partial charge in [0.2, 0.25) is 0 Å². The molecule has 4 heteroatoms. The van der Waals surface area contributed by atoms with E-state index in [4.69, 9.17) is 0 Å². The molecule has 1 aromatic rings. The Morgan fingerprint density at radius 3 is 2.56 bits per heavy atom. The molecule has 3 nitrogen and oxygen atoms in total. The number of aliphatic hydroxyl groups is 1. The first-order valence-corrected chi connectivity index (χ1v) is 6.41. The minimum absolute atomic E-state index is 0.217. The van der Waals surface area contributed by atoms with Gasteiger partial charge in [0.05, 0.1) is 6.10 Å². The van der Waals surface area contributed by atoms with E-state index in [1.54, 1.807) is 19.1 Å². The highest BCUT2D eigenvalue weighted by molar-refractivity contribution is 5.25. The quantitative estimate of drug-likeness (QED) is 0.881. The second-order valence-corrected chi connectivity index (χ2v) is 5.13. The normalized spacial score (nSPS) is 20.0. The van der Waals surface area contributed by atoms with Gasteiger partial charge >= 0.3 is 0 Å². The number of β-amino-alcohol motifs (C(OH)–C–C–N with tert-alkyl or cyclic N) is 1. The van der Waals surface area contributed by atoms with E-state index in [-0.39, 0.29) is 5.82 Å². The van der Waals surface area contributed by atoms with Crippen LogP contribution < -0.4 is 0 Å². The first-order chi connectivity index (χ1) is 8.56. The summed E-state index contributed by atoms with van der Waals surface area (Å²) in [6.07, 6.45) is -0.535. The van der Waals surface area contributed by atoms with Gasteiger partial charge in [0.15, 0.2) is 0 Å². The summed E-state index contributed by atoms with van der Waals surface area (Å²) in [6, 6.07) is 4.83. The van der Waals surface area contributed by atoms with Gasteiger partial charge in [-0.05, 0) is 31.2 Å². The maximum atomic E-state index is 13.2. The third kappa shape index (κ3) is 3.28. The average molecular weight is 252 g/mol. The predicted octanol–water partition coefficient (Wildman–Crippen LogP) is 1.41. The van der Waals surface area contributed by atoms with Gasteiger partial charge in [0.1, 0.15) is 5.82 Å². The maximum Gasteiger partial charge on any atom is 0.126 e. The molecule has 0 amide bonds. The third-order valence-corrected chi connectivity index (χ3v) is 3.59. The molecule has 18 heavy (non-hydrogen) atoms. The number of rotatable bonds is 3. The zero-order valence-electron chi connectivity index (χ0n) is 11.1. The SMILES string of the molecule is Cc1cc(C(O)CN2CCN(C)CC2)ccc1F. The van der Waals surface area contributed by atoms with Crippen LogP contribution in [0.3, 0.4) is 0 Å². The van der Waals surface area contributed by atoms with Crippen molar-refractivity contribution in [2.45, 2.75) is 13.0 Å². The lowest BCUT2D eigenvalue weighted by atomic mass is 10.1. The highest BCUT2D eigenvalue weighted by atomic mass is 19.1. The molecule has 0 aliphatic carbocycles. The van der Waals surface area contributed by atoms with Gasteiger partial charge in [-0.1, -0.05) is 12.1 Å². The summed E-state index contributed by atoms with van der Waals surface area (Å²) in [6.45, 7) is 6.38. The monoisotopic (exact) mass is 252 g/mol. The lowest BCUT2D eigenvalue weighted by molar-refractivity contribution is 0.0804. The van der Waals surface area contributed by atoms with Crippen molar-refractivity contribution < 1.29 is 9.50 Å². The third-order valence-electron chi connectivity index (χ3n) is 3.59. The Morgan fingerprint density at radius 2 is 1.94 bits per heavy atom. The van der Waals surface area contributed by atoms with Crippen LogP contribution in [-0.4, -0.2) is 54.7 Å². The van der Waals surface area contributed by atoms with Gasteiger partial charge in [-0.3, -0.25) is 4.90 Å². The Morgan fingerprint density at radius 1 is 1.28 bits per heavy atom. The van der Waals surface area contributed by atoms with Crippen molar-refractivity contribution in [1.82, 2.24) is 9.80 Å². The molecule has 0 spiro atoms. The van der Waals surface area contributed by atoms with Gasteiger partial charge in [-0.2, -0.15) is 0 Å². The fourth-order valence-electron chi connectivity index (χ4n) is 2.26. The second-order valence-electron chi connectivity index (χ2n) is 5.13. The molecule has 0 radical (unpaired) electrons. The molecule has 1 saturated heterocycles. The number of nitrogens with zero attached hydrogens (tertiary/aromatic N) is 2. The molecule has 0 aromatic heterocycles. The predicted molar refractivity (Wildman–Crippen MR) is 70.0 cm³/mol. The summed E-state index contributed by atoms with van der Waals surface area (Å²) in [4.78, 5) is 4.54. The highest BCUT2D eigenvalue weighted by Gasteiger charge is 2.18. The first-order valence-electron chi connectivity index (χ1n) is 6.41. The molecule has 1 heterocycles. The average Bonchev–Trinajstić information content (AvgIpc) is 2.35. The number of halogens is 1. The van der Waals surface area contributed by atoms with Crippen LogP contribution in [0, 0.1) is 12.7 Å². The van der Waals surface area contributed by atoms with E-state index >= 15 is 0 Å². The van der Waals surface area contributed by atoms with Crippen molar-refractivity contribution in [1.29, 1.82) is 0 Å². The van der Waals surface area contributed by atoms with Crippen LogP contribution in [0.4, 0.5) is 4.39 Å². The van der Waals surface area contributed by atoms with E-state index in [9.17, 15) is 9.50 Å². The van der Waals surface area contributed by atoms with Gasteiger partial charge < -0.3 is 10.0 Å². The number of likely N-dealkylation sites (N-methyl/N-ethyl adjacent to an activating group) is 1. The summed E-state index contributed by atoms with van der Waals surface area (Å²) in [7, 11) is 2.11. The first kappa shape index (κ1) is 13.5. The van der Waals surface area contributed by atoms with Crippen molar-refractivity contribution in [3.63, 3.8) is 0 Å². The van der Waals surface area contributed by atoms with Crippen molar-refractivity contribution >= 4 is 0 Å². The number of aryl methyl sites for hydroxylation is 1. The maximum absolute atomic E-state index is 13.2. The molecule has 1 aromatic carbocycles. The molecule has 0 saturated carbocycles. The van der Waals surface area contributed by atoms with Crippen molar-refractivity contribution in [3.8, 4) is 0 Å². The van der Waals surface area contributed by atoms with Crippen LogP contribution in [0.25, 0.3) is 0 Å². The highest BCUT2D eigenvalue weighted by Crippen LogP contribution is 2.18. The fraction of sp³-hybridized carbons (Fsp3) is 0.571. The van der Waals surface area contributed by atoms with Gasteiger partial charge in [-0.15, -0.1) is 0 Å². The van der Waals surface area contributed by atoms with E-state index < -0.39 is 6.10 Å². The number of benzene rings is 1. The zero-order valence-corrected chi connectivity index (χ0v) is 11.1.